The van der Waals surface area contributed by atoms with Gasteiger partial charge in [-0.2, -0.15) is 14.9 Å². The monoisotopic (exact) mass is 562 g/mol. The van der Waals surface area contributed by atoms with Gasteiger partial charge in [0, 0.05) is 23.3 Å². The Labute approximate surface area is 232 Å². The number of nitrogens with zero attached hydrogens (tertiary/aromatic N) is 5. The first kappa shape index (κ1) is 26.9. The van der Waals surface area contributed by atoms with Gasteiger partial charge in [-0.25, -0.2) is 14.4 Å². The van der Waals surface area contributed by atoms with Gasteiger partial charge in [0.2, 0.25) is 0 Å². The molecule has 5 aromatic rings. The molecule has 204 valence electrons. The molecule has 1 aromatic carbocycles. The van der Waals surface area contributed by atoms with Crippen molar-refractivity contribution in [1.82, 2.24) is 29.9 Å². The number of H-pyrrole nitrogens is 1. The number of rotatable bonds is 6. The van der Waals surface area contributed by atoms with Gasteiger partial charge in [-0.15, -0.1) is 0 Å². The number of halogens is 2. The van der Waals surface area contributed by atoms with Gasteiger partial charge in [-0.1, -0.05) is 32.4 Å². The van der Waals surface area contributed by atoms with Crippen LogP contribution in [0.25, 0.3) is 16.6 Å². The zero-order valence-electron chi connectivity index (χ0n) is 21.7. The van der Waals surface area contributed by atoms with E-state index in [2.05, 4.69) is 35.9 Å². The molecule has 4 heterocycles. The minimum atomic E-state index is -0.752. The number of aromatic nitrogens is 6. The summed E-state index contributed by atoms with van der Waals surface area (Å²) in [6.07, 6.45) is 5.48. The van der Waals surface area contributed by atoms with Crippen LogP contribution in [0.4, 0.5) is 21.7 Å². The van der Waals surface area contributed by atoms with Crippen molar-refractivity contribution in [2.24, 2.45) is 0 Å². The summed E-state index contributed by atoms with van der Waals surface area (Å²) in [7, 11) is 0. The standard InChI is InChI=1S/C27H24ClFN8O3/c1-27(2,3)15-8-14-10-33-37(26(40)22(14)19(29)9-15)24-18(13-38)20(6-7-30-24)34-25(39)17-12-32-36-23(17)35-21-5-4-16(28)11-31-21/h4-12,38H,13H2,1-3H3,(H,30,34,39)(H2,31,32,35,36). The molecule has 0 fully saturated rings. The maximum atomic E-state index is 15.1. The van der Waals surface area contributed by atoms with Crippen LogP contribution < -0.4 is 16.2 Å². The molecular weight excluding hydrogens is 539 g/mol. The SMILES string of the molecule is CC(C)(C)c1cc(F)c2c(=O)n(-c3nccc(NC(=O)c4cn[nH]c4Nc4ccc(Cl)cn4)c3CO)ncc2c1. The minimum Gasteiger partial charge on any atom is -0.391 e. The third-order valence-electron chi connectivity index (χ3n) is 6.21. The molecule has 1 amide bonds. The zero-order valence-corrected chi connectivity index (χ0v) is 22.4. The number of aromatic amines is 1. The predicted molar refractivity (Wildman–Crippen MR) is 149 cm³/mol. The van der Waals surface area contributed by atoms with E-state index in [0.29, 0.717) is 16.2 Å². The summed E-state index contributed by atoms with van der Waals surface area (Å²) in [4.78, 5) is 34.9. The number of hydrogen-bond acceptors (Lipinski definition) is 8. The topological polar surface area (TPSA) is 151 Å². The number of amides is 1. The quantitative estimate of drug-likeness (QED) is 0.236. The van der Waals surface area contributed by atoms with Crippen molar-refractivity contribution in [1.29, 1.82) is 0 Å². The molecule has 0 atom stereocenters. The molecule has 0 unspecified atom stereocenters. The Morgan fingerprint density at radius 1 is 1.15 bits per heavy atom. The number of hydrogen-bond donors (Lipinski definition) is 4. The Hall–Kier alpha value is -4.68. The van der Waals surface area contributed by atoms with Crippen molar-refractivity contribution in [2.45, 2.75) is 32.8 Å². The van der Waals surface area contributed by atoms with Crippen LogP contribution in [0.5, 0.6) is 0 Å². The van der Waals surface area contributed by atoms with Crippen LogP contribution in [0.1, 0.15) is 42.3 Å². The fourth-order valence-electron chi connectivity index (χ4n) is 4.08. The van der Waals surface area contributed by atoms with E-state index in [0.717, 1.165) is 10.2 Å². The van der Waals surface area contributed by atoms with Crippen molar-refractivity contribution < 1.29 is 14.3 Å². The number of pyridine rings is 2. The highest BCUT2D eigenvalue weighted by atomic mass is 35.5. The molecule has 0 aliphatic rings. The number of carbonyl (C=O) groups is 1. The van der Waals surface area contributed by atoms with E-state index in [4.69, 9.17) is 11.6 Å². The van der Waals surface area contributed by atoms with Gasteiger partial charge in [0.05, 0.1) is 35.1 Å². The van der Waals surface area contributed by atoms with Crippen molar-refractivity contribution in [3.63, 3.8) is 0 Å². The van der Waals surface area contributed by atoms with Gasteiger partial charge in [0.1, 0.15) is 23.0 Å². The van der Waals surface area contributed by atoms with Crippen LogP contribution in [0.2, 0.25) is 5.02 Å². The normalized spacial score (nSPS) is 11.6. The van der Waals surface area contributed by atoms with E-state index in [9.17, 15) is 14.7 Å². The molecule has 4 N–H and O–H groups in total. The number of anilines is 3. The Morgan fingerprint density at radius 2 is 1.95 bits per heavy atom. The average molecular weight is 563 g/mol. The molecule has 5 rings (SSSR count). The van der Waals surface area contributed by atoms with Gasteiger partial charge in [0.25, 0.3) is 11.5 Å². The van der Waals surface area contributed by atoms with E-state index in [1.165, 1.54) is 36.9 Å². The number of nitrogens with one attached hydrogen (secondary N) is 3. The fourth-order valence-corrected chi connectivity index (χ4v) is 4.19. The second kappa shape index (κ2) is 10.5. The summed E-state index contributed by atoms with van der Waals surface area (Å²) >= 11 is 5.88. The molecular formula is C27H24ClFN8O3. The first-order valence-electron chi connectivity index (χ1n) is 12.1. The molecule has 4 aromatic heterocycles. The summed E-state index contributed by atoms with van der Waals surface area (Å²) in [5.41, 5.74) is 0.0583. The number of aliphatic hydroxyl groups excluding tert-OH is 1. The zero-order chi connectivity index (χ0) is 28.6. The second-order valence-corrected chi connectivity index (χ2v) is 10.4. The van der Waals surface area contributed by atoms with Crippen molar-refractivity contribution >= 4 is 45.6 Å². The highest BCUT2D eigenvalue weighted by Gasteiger charge is 2.22. The number of aliphatic hydroxyl groups is 1. The Kier molecular flexibility index (Phi) is 7.04. The molecule has 0 aliphatic carbocycles. The first-order chi connectivity index (χ1) is 19.1. The van der Waals surface area contributed by atoms with E-state index in [1.807, 2.05) is 20.8 Å². The lowest BCUT2D eigenvalue weighted by Crippen LogP contribution is -2.25. The second-order valence-electron chi connectivity index (χ2n) is 9.95. The Morgan fingerprint density at radius 3 is 2.65 bits per heavy atom. The van der Waals surface area contributed by atoms with Gasteiger partial charge in [-0.3, -0.25) is 14.7 Å². The van der Waals surface area contributed by atoms with Crippen LogP contribution in [0, 0.1) is 5.82 Å². The molecule has 0 radical (unpaired) electrons. The molecule has 0 saturated heterocycles. The summed E-state index contributed by atoms with van der Waals surface area (Å²) in [5, 5.41) is 27.3. The predicted octanol–water partition coefficient (Wildman–Crippen LogP) is 4.48. The van der Waals surface area contributed by atoms with E-state index in [1.54, 1.807) is 18.2 Å². The Bertz CT molecular complexity index is 1800. The minimum absolute atomic E-state index is 0.0533. The molecule has 0 saturated carbocycles. The van der Waals surface area contributed by atoms with Crippen LogP contribution in [0.15, 0.2) is 59.9 Å². The largest absolute Gasteiger partial charge is 0.391 e. The maximum absolute atomic E-state index is 15.1. The number of fused-ring (bicyclic) bond motifs is 1. The van der Waals surface area contributed by atoms with Crippen LogP contribution in [-0.2, 0) is 12.0 Å². The van der Waals surface area contributed by atoms with Gasteiger partial charge in [-0.05, 0) is 41.3 Å². The summed E-state index contributed by atoms with van der Waals surface area (Å²) < 4.78 is 16.0. The molecule has 0 bridgehead atoms. The summed E-state index contributed by atoms with van der Waals surface area (Å²) in [5.74, 6) is -0.619. The number of carbonyl (C=O) groups excluding carboxylic acids is 1. The van der Waals surface area contributed by atoms with Crippen molar-refractivity contribution in [2.75, 3.05) is 10.6 Å². The fraction of sp³-hybridized carbons (Fsp3) is 0.185. The van der Waals surface area contributed by atoms with E-state index >= 15 is 4.39 Å². The molecule has 0 spiro atoms. The molecule has 40 heavy (non-hydrogen) atoms. The maximum Gasteiger partial charge on any atom is 0.283 e. The van der Waals surface area contributed by atoms with Gasteiger partial charge < -0.3 is 15.7 Å². The average Bonchev–Trinajstić information content (AvgIpc) is 3.37. The first-order valence-corrected chi connectivity index (χ1v) is 12.5. The highest BCUT2D eigenvalue weighted by Crippen LogP contribution is 2.28. The smallest absolute Gasteiger partial charge is 0.283 e. The van der Waals surface area contributed by atoms with Crippen LogP contribution in [0.3, 0.4) is 0 Å². The molecule has 11 nitrogen and oxygen atoms in total. The van der Waals surface area contributed by atoms with Crippen molar-refractivity contribution in [3.8, 4) is 5.82 Å². The molecule has 0 aliphatic heterocycles. The highest BCUT2D eigenvalue weighted by molar-refractivity contribution is 6.30. The van der Waals surface area contributed by atoms with Gasteiger partial charge in [0.15, 0.2) is 5.82 Å². The number of benzene rings is 1. The lowest BCUT2D eigenvalue weighted by molar-refractivity contribution is 0.102. The van der Waals surface area contributed by atoms with Crippen LogP contribution in [-0.4, -0.2) is 41.0 Å². The third kappa shape index (κ3) is 5.14. The van der Waals surface area contributed by atoms with Crippen LogP contribution >= 0.6 is 11.6 Å². The summed E-state index contributed by atoms with van der Waals surface area (Å²) in [6.45, 7) is 5.23. The Balaban J connectivity index is 1.49. The van der Waals surface area contributed by atoms with Gasteiger partial charge >= 0.3 is 0 Å². The van der Waals surface area contributed by atoms with Crippen molar-refractivity contribution in [3.05, 3.63) is 93.0 Å². The lowest BCUT2D eigenvalue weighted by Gasteiger charge is -2.20. The van der Waals surface area contributed by atoms with E-state index < -0.39 is 23.9 Å². The molecule has 13 heteroatoms. The third-order valence-corrected chi connectivity index (χ3v) is 6.43. The lowest BCUT2D eigenvalue weighted by atomic mass is 9.86. The summed E-state index contributed by atoms with van der Waals surface area (Å²) in [6, 6.07) is 7.79. The van der Waals surface area contributed by atoms with E-state index in [-0.39, 0.29) is 39.3 Å².